The number of aromatic nitrogens is 2. The highest BCUT2D eigenvalue weighted by atomic mass is 19.1. The highest BCUT2D eigenvalue weighted by Crippen LogP contribution is 2.22. The Balaban J connectivity index is 1.83. The quantitative estimate of drug-likeness (QED) is 0.938. The first kappa shape index (κ1) is 16.4. The number of halogens is 1. The molecule has 0 bridgehead atoms. The van der Waals surface area contributed by atoms with Crippen molar-refractivity contribution in [1.29, 1.82) is 0 Å². The molecule has 1 unspecified atom stereocenters. The molecule has 1 aliphatic rings. The van der Waals surface area contributed by atoms with Crippen molar-refractivity contribution in [3.05, 3.63) is 47.7 Å². The molecule has 1 aromatic heterocycles. The molecule has 1 amide bonds. The van der Waals surface area contributed by atoms with Gasteiger partial charge in [-0.25, -0.2) is 14.4 Å². The van der Waals surface area contributed by atoms with Crippen molar-refractivity contribution < 1.29 is 9.18 Å². The third-order valence-electron chi connectivity index (χ3n) is 4.16. The van der Waals surface area contributed by atoms with Crippen molar-refractivity contribution in [2.24, 2.45) is 5.92 Å². The lowest BCUT2D eigenvalue weighted by Crippen LogP contribution is -2.35. The summed E-state index contributed by atoms with van der Waals surface area (Å²) in [6.07, 6.45) is 2.32. The maximum Gasteiger partial charge on any atom is 0.274 e. The first-order valence-corrected chi connectivity index (χ1v) is 8.19. The van der Waals surface area contributed by atoms with Crippen molar-refractivity contribution in [2.75, 3.05) is 23.3 Å². The van der Waals surface area contributed by atoms with E-state index in [2.05, 4.69) is 27.1 Å². The lowest BCUT2D eigenvalue weighted by molar-refractivity contribution is 0.102. The molecule has 0 spiro atoms. The van der Waals surface area contributed by atoms with Crippen LogP contribution in [0.5, 0.6) is 0 Å². The number of rotatable bonds is 3. The topological polar surface area (TPSA) is 58.1 Å². The smallest absolute Gasteiger partial charge is 0.274 e. The van der Waals surface area contributed by atoms with Crippen LogP contribution in [0, 0.1) is 18.7 Å². The average molecular weight is 328 g/mol. The van der Waals surface area contributed by atoms with Gasteiger partial charge >= 0.3 is 0 Å². The number of aryl methyl sites for hydroxylation is 1. The monoisotopic (exact) mass is 328 g/mol. The van der Waals surface area contributed by atoms with Gasteiger partial charge in [0.25, 0.3) is 5.91 Å². The SMILES string of the molecule is Cc1nc(C(=O)Nc2ccccc2F)cc(N2CCCC(C)C2)n1. The maximum absolute atomic E-state index is 13.7. The van der Waals surface area contributed by atoms with Gasteiger partial charge in [-0.3, -0.25) is 4.79 Å². The van der Waals surface area contributed by atoms with E-state index in [9.17, 15) is 9.18 Å². The normalized spacial score (nSPS) is 17.6. The highest BCUT2D eigenvalue weighted by molar-refractivity contribution is 6.03. The van der Waals surface area contributed by atoms with Crippen molar-refractivity contribution in [3.8, 4) is 0 Å². The Hall–Kier alpha value is -2.50. The zero-order valence-corrected chi connectivity index (χ0v) is 13.9. The summed E-state index contributed by atoms with van der Waals surface area (Å²) < 4.78 is 13.7. The van der Waals surface area contributed by atoms with Crippen LogP contribution in [-0.4, -0.2) is 29.0 Å². The Labute approximate surface area is 140 Å². The van der Waals surface area contributed by atoms with Gasteiger partial charge in [0.1, 0.15) is 23.2 Å². The Kier molecular flexibility index (Phi) is 4.74. The second kappa shape index (κ2) is 6.95. The van der Waals surface area contributed by atoms with E-state index in [1.807, 2.05) is 0 Å². The summed E-state index contributed by atoms with van der Waals surface area (Å²) in [5.41, 5.74) is 0.394. The molecule has 1 aliphatic heterocycles. The van der Waals surface area contributed by atoms with Gasteiger partial charge in [0.15, 0.2) is 0 Å². The lowest BCUT2D eigenvalue weighted by atomic mass is 10.0. The molecule has 2 heterocycles. The molecule has 0 radical (unpaired) electrons. The molecule has 126 valence electrons. The molecule has 1 aromatic carbocycles. The van der Waals surface area contributed by atoms with Crippen molar-refractivity contribution >= 4 is 17.4 Å². The Morgan fingerprint density at radius 3 is 2.88 bits per heavy atom. The van der Waals surface area contributed by atoms with Crippen LogP contribution in [0.3, 0.4) is 0 Å². The molecule has 0 aliphatic carbocycles. The zero-order chi connectivity index (χ0) is 17.1. The first-order chi connectivity index (χ1) is 11.5. The number of amides is 1. The summed E-state index contributed by atoms with van der Waals surface area (Å²) in [6.45, 7) is 5.82. The number of nitrogens with zero attached hydrogens (tertiary/aromatic N) is 3. The van der Waals surface area contributed by atoms with Gasteiger partial charge in [0.2, 0.25) is 0 Å². The number of benzene rings is 1. The second-order valence-corrected chi connectivity index (χ2v) is 6.29. The molecule has 5 nitrogen and oxygen atoms in total. The van der Waals surface area contributed by atoms with E-state index in [1.54, 1.807) is 25.1 Å². The molecular formula is C18H21FN4O. The standard InChI is InChI=1S/C18H21FN4O/c1-12-6-5-9-23(11-12)17-10-16(20-13(2)21-17)18(24)22-15-8-4-3-7-14(15)19/h3-4,7-8,10,12H,5-6,9,11H2,1-2H3,(H,22,24). The second-order valence-electron chi connectivity index (χ2n) is 6.29. The lowest BCUT2D eigenvalue weighted by Gasteiger charge is -2.32. The van der Waals surface area contributed by atoms with E-state index in [4.69, 9.17) is 0 Å². The van der Waals surface area contributed by atoms with E-state index in [-0.39, 0.29) is 11.4 Å². The van der Waals surface area contributed by atoms with Crippen LogP contribution in [0.2, 0.25) is 0 Å². The summed E-state index contributed by atoms with van der Waals surface area (Å²) in [5, 5.41) is 2.57. The minimum Gasteiger partial charge on any atom is -0.356 e. The van der Waals surface area contributed by atoms with E-state index >= 15 is 0 Å². The number of carbonyl (C=O) groups excluding carboxylic acids is 1. The largest absolute Gasteiger partial charge is 0.356 e. The van der Waals surface area contributed by atoms with Crippen molar-refractivity contribution in [2.45, 2.75) is 26.7 Å². The number of nitrogens with one attached hydrogen (secondary N) is 1. The maximum atomic E-state index is 13.7. The van der Waals surface area contributed by atoms with E-state index in [1.165, 1.54) is 18.6 Å². The molecule has 24 heavy (non-hydrogen) atoms. The van der Waals surface area contributed by atoms with Crippen LogP contribution >= 0.6 is 0 Å². The van der Waals surface area contributed by atoms with Crippen LogP contribution < -0.4 is 10.2 Å². The fraction of sp³-hybridized carbons (Fsp3) is 0.389. The summed E-state index contributed by atoms with van der Waals surface area (Å²) in [7, 11) is 0. The van der Waals surface area contributed by atoms with Crippen LogP contribution in [0.4, 0.5) is 15.9 Å². The predicted octanol–water partition coefficient (Wildman–Crippen LogP) is 3.41. The summed E-state index contributed by atoms with van der Waals surface area (Å²) >= 11 is 0. The third-order valence-corrected chi connectivity index (χ3v) is 4.16. The predicted molar refractivity (Wildman–Crippen MR) is 91.7 cm³/mol. The molecular weight excluding hydrogens is 307 g/mol. The fourth-order valence-electron chi connectivity index (χ4n) is 2.98. The van der Waals surface area contributed by atoms with E-state index in [0.717, 1.165) is 25.3 Å². The van der Waals surface area contributed by atoms with Crippen LogP contribution in [-0.2, 0) is 0 Å². The Morgan fingerprint density at radius 1 is 1.33 bits per heavy atom. The van der Waals surface area contributed by atoms with Gasteiger partial charge in [0, 0.05) is 19.2 Å². The van der Waals surface area contributed by atoms with Crippen LogP contribution in [0.1, 0.15) is 36.1 Å². The molecule has 1 saturated heterocycles. The molecule has 1 atom stereocenters. The van der Waals surface area contributed by atoms with Crippen molar-refractivity contribution in [1.82, 2.24) is 9.97 Å². The fourth-order valence-corrected chi connectivity index (χ4v) is 2.98. The summed E-state index contributed by atoms with van der Waals surface area (Å²) in [6, 6.07) is 7.76. The van der Waals surface area contributed by atoms with Gasteiger partial charge in [-0.15, -0.1) is 0 Å². The number of hydrogen-bond acceptors (Lipinski definition) is 4. The van der Waals surface area contributed by atoms with Crippen LogP contribution in [0.15, 0.2) is 30.3 Å². The molecule has 1 fully saturated rings. The van der Waals surface area contributed by atoms with E-state index in [0.29, 0.717) is 11.7 Å². The Bertz CT molecular complexity index is 750. The molecule has 1 N–H and O–H groups in total. The van der Waals surface area contributed by atoms with Gasteiger partial charge in [-0.2, -0.15) is 0 Å². The van der Waals surface area contributed by atoms with Crippen LogP contribution in [0.25, 0.3) is 0 Å². The van der Waals surface area contributed by atoms with E-state index < -0.39 is 11.7 Å². The molecule has 6 heteroatoms. The summed E-state index contributed by atoms with van der Waals surface area (Å²) in [4.78, 5) is 23.3. The number of carbonyl (C=O) groups is 1. The third kappa shape index (κ3) is 3.69. The summed E-state index contributed by atoms with van der Waals surface area (Å²) in [5.74, 6) is 0.987. The Morgan fingerprint density at radius 2 is 2.12 bits per heavy atom. The highest BCUT2D eigenvalue weighted by Gasteiger charge is 2.20. The number of para-hydroxylation sites is 1. The molecule has 0 saturated carbocycles. The number of anilines is 2. The average Bonchev–Trinajstić information content (AvgIpc) is 2.56. The van der Waals surface area contributed by atoms with Crippen molar-refractivity contribution in [3.63, 3.8) is 0 Å². The number of piperidine rings is 1. The van der Waals surface area contributed by atoms with Gasteiger partial charge < -0.3 is 10.2 Å². The minimum atomic E-state index is -0.471. The molecule has 3 rings (SSSR count). The minimum absolute atomic E-state index is 0.145. The van der Waals surface area contributed by atoms with Gasteiger partial charge in [0.05, 0.1) is 5.69 Å². The molecule has 2 aromatic rings. The van der Waals surface area contributed by atoms with Gasteiger partial charge in [-0.1, -0.05) is 19.1 Å². The zero-order valence-electron chi connectivity index (χ0n) is 13.9. The number of hydrogen-bond donors (Lipinski definition) is 1. The first-order valence-electron chi connectivity index (χ1n) is 8.19. The van der Waals surface area contributed by atoms with Gasteiger partial charge in [-0.05, 0) is 37.8 Å².